The maximum atomic E-state index is 12.4. The molecule has 1 amide bonds. The number of aryl methyl sites for hydroxylation is 2. The molecule has 3 aromatic rings. The quantitative estimate of drug-likeness (QED) is 0.691. The molecular weight excluding hydrogens is 348 g/mol. The van der Waals surface area contributed by atoms with Crippen LogP contribution in [-0.4, -0.2) is 15.9 Å². The average Bonchev–Trinajstić information content (AvgIpc) is 2.63. The van der Waals surface area contributed by atoms with Crippen molar-refractivity contribution in [3.8, 4) is 0 Å². The summed E-state index contributed by atoms with van der Waals surface area (Å²) in [5.41, 5.74) is 4.17. The summed E-state index contributed by atoms with van der Waals surface area (Å²) in [4.78, 5) is 20.9. The number of halogens is 1. The van der Waals surface area contributed by atoms with Gasteiger partial charge in [0.1, 0.15) is 5.69 Å². The highest BCUT2D eigenvalue weighted by Gasteiger charge is 2.10. The van der Waals surface area contributed by atoms with Crippen molar-refractivity contribution in [1.82, 2.24) is 9.97 Å². The van der Waals surface area contributed by atoms with Crippen LogP contribution >= 0.6 is 11.6 Å². The number of amides is 1. The zero-order valence-electron chi connectivity index (χ0n) is 14.6. The van der Waals surface area contributed by atoms with Crippen LogP contribution in [0, 0.1) is 13.8 Å². The van der Waals surface area contributed by atoms with Gasteiger partial charge in [-0.2, -0.15) is 0 Å². The number of aromatic nitrogens is 2. The van der Waals surface area contributed by atoms with Crippen LogP contribution in [0.5, 0.6) is 0 Å². The molecule has 0 saturated carbocycles. The summed E-state index contributed by atoms with van der Waals surface area (Å²) < 4.78 is 0. The second-order valence-electron chi connectivity index (χ2n) is 6.03. The molecule has 0 atom stereocenters. The Labute approximate surface area is 157 Å². The Morgan fingerprint density at radius 3 is 2.73 bits per heavy atom. The molecule has 2 aromatic carbocycles. The lowest BCUT2D eigenvalue weighted by molar-refractivity contribution is 0.102. The van der Waals surface area contributed by atoms with E-state index >= 15 is 0 Å². The molecule has 0 unspecified atom stereocenters. The first kappa shape index (κ1) is 17.9. The van der Waals surface area contributed by atoms with Gasteiger partial charge in [0.25, 0.3) is 5.91 Å². The fourth-order valence-corrected chi connectivity index (χ4v) is 2.62. The first-order valence-electron chi connectivity index (χ1n) is 8.21. The molecule has 132 valence electrons. The van der Waals surface area contributed by atoms with Crippen LogP contribution in [0.2, 0.25) is 5.02 Å². The van der Waals surface area contributed by atoms with E-state index in [0.717, 1.165) is 11.1 Å². The Bertz CT molecular complexity index is 943. The van der Waals surface area contributed by atoms with Crippen LogP contribution in [0.4, 0.5) is 11.6 Å². The van der Waals surface area contributed by atoms with Gasteiger partial charge in [0.05, 0.1) is 0 Å². The van der Waals surface area contributed by atoms with Gasteiger partial charge in [-0.05, 0) is 43.2 Å². The highest BCUT2D eigenvalue weighted by molar-refractivity contribution is 6.31. The summed E-state index contributed by atoms with van der Waals surface area (Å²) in [6.45, 7) is 4.53. The molecule has 1 aromatic heterocycles. The van der Waals surface area contributed by atoms with E-state index in [1.165, 1.54) is 5.56 Å². The van der Waals surface area contributed by atoms with Gasteiger partial charge in [0, 0.05) is 23.5 Å². The van der Waals surface area contributed by atoms with Crippen molar-refractivity contribution in [2.24, 2.45) is 0 Å². The predicted octanol–water partition coefficient (Wildman–Crippen LogP) is 4.61. The molecule has 0 aliphatic rings. The summed E-state index contributed by atoms with van der Waals surface area (Å²) >= 11 is 6.09. The second-order valence-corrected chi connectivity index (χ2v) is 6.43. The van der Waals surface area contributed by atoms with Crippen molar-refractivity contribution < 1.29 is 4.79 Å². The van der Waals surface area contributed by atoms with Crippen molar-refractivity contribution in [3.05, 3.63) is 82.1 Å². The summed E-state index contributed by atoms with van der Waals surface area (Å²) in [6, 6.07) is 15.1. The van der Waals surface area contributed by atoms with Gasteiger partial charge < -0.3 is 10.6 Å². The number of hydrogen-bond donors (Lipinski definition) is 2. The minimum atomic E-state index is -0.314. The number of carbonyl (C=O) groups excluding carboxylic acids is 1. The lowest BCUT2D eigenvalue weighted by atomic mass is 10.1. The summed E-state index contributed by atoms with van der Waals surface area (Å²) in [6.07, 6.45) is 1.56. The Morgan fingerprint density at radius 2 is 1.96 bits per heavy atom. The summed E-state index contributed by atoms with van der Waals surface area (Å²) in [5.74, 6) is 0.0898. The van der Waals surface area contributed by atoms with Crippen LogP contribution < -0.4 is 10.6 Å². The van der Waals surface area contributed by atoms with Gasteiger partial charge in [-0.3, -0.25) is 4.79 Å². The van der Waals surface area contributed by atoms with Gasteiger partial charge in [-0.25, -0.2) is 9.97 Å². The van der Waals surface area contributed by atoms with Crippen molar-refractivity contribution >= 4 is 29.1 Å². The molecule has 1 heterocycles. The van der Waals surface area contributed by atoms with Crippen molar-refractivity contribution in [2.45, 2.75) is 20.4 Å². The van der Waals surface area contributed by atoms with Crippen LogP contribution in [0.1, 0.15) is 27.2 Å². The van der Waals surface area contributed by atoms with E-state index in [1.54, 1.807) is 24.4 Å². The summed E-state index contributed by atoms with van der Waals surface area (Å²) in [5, 5.41) is 6.54. The standard InChI is InChI=1S/C20H19ClN4O/c1-13-4-3-5-15(10-13)12-23-20-22-9-8-18(25-20)19(26)24-16-7-6-14(2)17(21)11-16/h3-11H,12H2,1-2H3,(H,24,26)(H,22,23,25). The monoisotopic (exact) mass is 366 g/mol. The smallest absolute Gasteiger partial charge is 0.274 e. The summed E-state index contributed by atoms with van der Waals surface area (Å²) in [7, 11) is 0. The maximum Gasteiger partial charge on any atom is 0.274 e. The number of benzene rings is 2. The SMILES string of the molecule is Cc1cccc(CNc2nccc(C(=O)Nc3ccc(C)c(Cl)c3)n2)c1. The van der Waals surface area contributed by atoms with Crippen molar-refractivity contribution in [2.75, 3.05) is 10.6 Å². The Morgan fingerprint density at radius 1 is 1.12 bits per heavy atom. The van der Waals surface area contributed by atoms with Crippen LogP contribution in [0.3, 0.4) is 0 Å². The Balaban J connectivity index is 1.67. The van der Waals surface area contributed by atoms with Crippen molar-refractivity contribution in [3.63, 3.8) is 0 Å². The van der Waals surface area contributed by atoms with E-state index in [-0.39, 0.29) is 11.6 Å². The third kappa shape index (κ3) is 4.58. The van der Waals surface area contributed by atoms with Crippen LogP contribution in [0.15, 0.2) is 54.7 Å². The number of nitrogens with one attached hydrogen (secondary N) is 2. The van der Waals surface area contributed by atoms with E-state index in [1.807, 2.05) is 38.1 Å². The van der Waals surface area contributed by atoms with Gasteiger partial charge in [0.2, 0.25) is 5.95 Å². The van der Waals surface area contributed by atoms with E-state index < -0.39 is 0 Å². The average molecular weight is 367 g/mol. The Hall–Kier alpha value is -2.92. The normalized spacial score (nSPS) is 10.4. The number of rotatable bonds is 5. The molecule has 0 spiro atoms. The van der Waals surface area contributed by atoms with Gasteiger partial charge in [0.15, 0.2) is 0 Å². The largest absolute Gasteiger partial charge is 0.350 e. The topological polar surface area (TPSA) is 66.9 Å². The van der Waals surface area contributed by atoms with Gasteiger partial charge in [-0.1, -0.05) is 47.5 Å². The molecule has 0 saturated heterocycles. The van der Waals surface area contributed by atoms with E-state index in [9.17, 15) is 4.79 Å². The van der Waals surface area contributed by atoms with E-state index in [4.69, 9.17) is 11.6 Å². The lowest BCUT2D eigenvalue weighted by Gasteiger charge is -2.09. The fourth-order valence-electron chi connectivity index (χ4n) is 2.44. The highest BCUT2D eigenvalue weighted by atomic mass is 35.5. The van der Waals surface area contributed by atoms with E-state index in [2.05, 4.69) is 26.7 Å². The first-order chi connectivity index (χ1) is 12.5. The number of hydrogen-bond acceptors (Lipinski definition) is 4. The molecule has 0 fully saturated rings. The zero-order chi connectivity index (χ0) is 18.5. The molecule has 6 heteroatoms. The van der Waals surface area contributed by atoms with Crippen LogP contribution in [-0.2, 0) is 6.54 Å². The van der Waals surface area contributed by atoms with E-state index in [0.29, 0.717) is 23.2 Å². The third-order valence-corrected chi connectivity index (χ3v) is 4.26. The first-order valence-corrected chi connectivity index (χ1v) is 8.59. The molecule has 0 bridgehead atoms. The molecule has 0 aliphatic carbocycles. The predicted molar refractivity (Wildman–Crippen MR) is 105 cm³/mol. The molecule has 2 N–H and O–H groups in total. The zero-order valence-corrected chi connectivity index (χ0v) is 15.3. The molecular formula is C20H19ClN4O. The molecule has 0 aliphatic heterocycles. The second kappa shape index (κ2) is 7.97. The van der Waals surface area contributed by atoms with Gasteiger partial charge in [-0.15, -0.1) is 0 Å². The number of anilines is 2. The minimum absolute atomic E-state index is 0.281. The number of carbonyl (C=O) groups is 1. The maximum absolute atomic E-state index is 12.4. The van der Waals surface area contributed by atoms with Gasteiger partial charge >= 0.3 is 0 Å². The van der Waals surface area contributed by atoms with Crippen LogP contribution in [0.25, 0.3) is 0 Å². The third-order valence-electron chi connectivity index (χ3n) is 3.85. The minimum Gasteiger partial charge on any atom is -0.350 e. The highest BCUT2D eigenvalue weighted by Crippen LogP contribution is 2.20. The lowest BCUT2D eigenvalue weighted by Crippen LogP contribution is -2.15. The molecule has 26 heavy (non-hydrogen) atoms. The van der Waals surface area contributed by atoms with Crippen molar-refractivity contribution in [1.29, 1.82) is 0 Å². The Kier molecular flexibility index (Phi) is 5.49. The fraction of sp³-hybridized carbons (Fsp3) is 0.150. The molecule has 5 nitrogen and oxygen atoms in total. The molecule has 3 rings (SSSR count). The number of nitrogens with zero attached hydrogens (tertiary/aromatic N) is 2. The molecule has 0 radical (unpaired) electrons.